The van der Waals surface area contributed by atoms with E-state index in [9.17, 15) is 14.3 Å². The molecule has 8 heteroatoms. The largest absolute Gasteiger partial charge is 0.478 e. The summed E-state index contributed by atoms with van der Waals surface area (Å²) in [6.45, 7) is 6.88. The van der Waals surface area contributed by atoms with Gasteiger partial charge in [-0.15, -0.1) is 0 Å². The first kappa shape index (κ1) is 28.2. The van der Waals surface area contributed by atoms with E-state index in [0.29, 0.717) is 16.3 Å². The number of rotatable bonds is 7. The number of carbonyl (C=O) groups is 1. The van der Waals surface area contributed by atoms with Gasteiger partial charge in [-0.1, -0.05) is 49.2 Å². The van der Waals surface area contributed by atoms with Crippen molar-refractivity contribution in [2.24, 2.45) is 5.41 Å². The molecule has 3 heterocycles. The van der Waals surface area contributed by atoms with Crippen molar-refractivity contribution >= 4 is 39.7 Å². The summed E-state index contributed by atoms with van der Waals surface area (Å²) in [6, 6.07) is 14.0. The fourth-order valence-corrected chi connectivity index (χ4v) is 6.16. The molecule has 0 spiro atoms. The lowest BCUT2D eigenvalue weighted by Gasteiger charge is -2.36. The molecule has 6 rings (SSSR count). The zero-order valence-electron chi connectivity index (χ0n) is 23.7. The summed E-state index contributed by atoms with van der Waals surface area (Å²) in [6.07, 6.45) is 9.24. The predicted octanol–water partition coefficient (Wildman–Crippen LogP) is 8.60. The molecule has 2 aliphatic rings. The van der Waals surface area contributed by atoms with Crippen LogP contribution in [0.25, 0.3) is 22.2 Å². The van der Waals surface area contributed by atoms with Gasteiger partial charge in [-0.3, -0.25) is 4.90 Å². The number of H-pyrrole nitrogens is 1. The van der Waals surface area contributed by atoms with Crippen LogP contribution in [0.5, 0.6) is 11.5 Å². The third kappa shape index (κ3) is 5.98. The van der Waals surface area contributed by atoms with Crippen LogP contribution in [0.1, 0.15) is 61.0 Å². The summed E-state index contributed by atoms with van der Waals surface area (Å²) < 4.78 is 21.0. The summed E-state index contributed by atoms with van der Waals surface area (Å²) in [5, 5.41) is 11.1. The van der Waals surface area contributed by atoms with Crippen molar-refractivity contribution in [1.82, 2.24) is 14.9 Å². The highest BCUT2D eigenvalue weighted by molar-refractivity contribution is 6.30. The molecular weight excluding hydrogens is 553 g/mol. The van der Waals surface area contributed by atoms with Crippen molar-refractivity contribution in [3.05, 3.63) is 100 Å². The van der Waals surface area contributed by atoms with E-state index in [-0.39, 0.29) is 22.5 Å². The Bertz CT molecular complexity index is 1740. The minimum absolute atomic E-state index is 0.0973. The van der Waals surface area contributed by atoms with Gasteiger partial charge in [-0.25, -0.2) is 14.2 Å². The van der Waals surface area contributed by atoms with Gasteiger partial charge in [-0.2, -0.15) is 0 Å². The fourth-order valence-electron chi connectivity index (χ4n) is 6.00. The molecule has 0 fully saturated rings. The van der Waals surface area contributed by atoms with Crippen LogP contribution in [0.2, 0.25) is 5.02 Å². The minimum Gasteiger partial charge on any atom is -0.478 e. The van der Waals surface area contributed by atoms with E-state index in [1.807, 2.05) is 24.3 Å². The van der Waals surface area contributed by atoms with Gasteiger partial charge >= 0.3 is 5.97 Å². The lowest BCUT2D eigenvalue weighted by Crippen LogP contribution is -2.32. The van der Waals surface area contributed by atoms with E-state index in [2.05, 4.69) is 34.8 Å². The van der Waals surface area contributed by atoms with Crippen LogP contribution < -0.4 is 4.74 Å². The number of halogens is 2. The van der Waals surface area contributed by atoms with Crippen LogP contribution in [0, 0.1) is 11.2 Å². The molecule has 0 amide bonds. The molecule has 216 valence electrons. The number of fused-ring (bicyclic) bond motifs is 1. The molecule has 0 atom stereocenters. The Morgan fingerprint density at radius 3 is 2.79 bits per heavy atom. The molecule has 2 aromatic heterocycles. The SMILES string of the molecule is CC1(C)CCC(CN2CC=C(c3ccc(C(=O)O)c(Oc4cnc5[nH]ccc5c4)c3)CC2)=C(c2ccc(Cl)cc2F)C1. The van der Waals surface area contributed by atoms with Crippen LogP contribution in [0.4, 0.5) is 4.39 Å². The minimum atomic E-state index is -1.05. The number of aromatic amines is 1. The zero-order valence-corrected chi connectivity index (χ0v) is 24.5. The third-order valence-electron chi connectivity index (χ3n) is 8.34. The summed E-state index contributed by atoms with van der Waals surface area (Å²) >= 11 is 6.05. The second kappa shape index (κ2) is 11.4. The number of carboxylic acid groups (broad SMARTS) is 1. The van der Waals surface area contributed by atoms with Crippen LogP contribution in [0.3, 0.4) is 0 Å². The monoisotopic (exact) mass is 585 g/mol. The standard InChI is InChI=1S/C34H33ClFN3O3/c1-34(2)11-7-24(29(18-34)27-6-4-25(35)17-30(27)36)20-39-13-9-21(10-14-39)22-3-5-28(33(40)41)31(16-22)42-26-15-23-8-12-37-32(23)38-19-26/h3-6,8-9,12,15-17,19H,7,10-11,13-14,18,20H2,1-2H3,(H,37,38)(H,40,41). The maximum atomic E-state index is 15.0. The lowest BCUT2D eigenvalue weighted by molar-refractivity contribution is 0.0694. The number of benzene rings is 2. The molecule has 2 aromatic carbocycles. The Kier molecular flexibility index (Phi) is 7.64. The van der Waals surface area contributed by atoms with E-state index in [1.165, 1.54) is 11.6 Å². The van der Waals surface area contributed by atoms with Crippen LogP contribution >= 0.6 is 11.6 Å². The van der Waals surface area contributed by atoms with Gasteiger partial charge in [0.05, 0.1) is 6.20 Å². The Labute approximate surface area is 249 Å². The van der Waals surface area contributed by atoms with Crippen molar-refractivity contribution in [2.45, 2.75) is 39.5 Å². The van der Waals surface area contributed by atoms with Gasteiger partial charge < -0.3 is 14.8 Å². The fraction of sp³-hybridized carbons (Fsp3) is 0.294. The average molecular weight is 586 g/mol. The number of nitrogens with one attached hydrogen (secondary N) is 1. The number of aromatic nitrogens is 2. The molecule has 1 aliphatic carbocycles. The Balaban J connectivity index is 1.22. The Hall–Kier alpha value is -3.94. The van der Waals surface area contributed by atoms with Gasteiger partial charge in [0.2, 0.25) is 0 Å². The van der Waals surface area contributed by atoms with Gasteiger partial charge in [0.1, 0.15) is 28.5 Å². The Morgan fingerprint density at radius 2 is 2.02 bits per heavy atom. The third-order valence-corrected chi connectivity index (χ3v) is 8.57. The Morgan fingerprint density at radius 1 is 1.17 bits per heavy atom. The molecule has 0 unspecified atom stereocenters. The molecule has 0 saturated heterocycles. The van der Waals surface area contributed by atoms with Gasteiger partial charge in [0.25, 0.3) is 0 Å². The van der Waals surface area contributed by atoms with Crippen LogP contribution in [0.15, 0.2) is 72.6 Å². The first-order valence-corrected chi connectivity index (χ1v) is 14.6. The highest BCUT2D eigenvalue weighted by Crippen LogP contribution is 2.44. The normalized spacial score (nSPS) is 17.4. The van der Waals surface area contributed by atoms with Crippen molar-refractivity contribution in [3.63, 3.8) is 0 Å². The number of allylic oxidation sites excluding steroid dienone is 1. The number of carboxylic acids is 1. The second-order valence-corrected chi connectivity index (χ2v) is 12.4. The highest BCUT2D eigenvalue weighted by Gasteiger charge is 2.30. The van der Waals surface area contributed by atoms with Gasteiger partial charge in [0.15, 0.2) is 0 Å². The number of ether oxygens (including phenoxy) is 1. The molecule has 1 aliphatic heterocycles. The summed E-state index contributed by atoms with van der Waals surface area (Å²) in [5.74, 6) is -0.555. The van der Waals surface area contributed by atoms with Crippen LogP contribution in [-0.4, -0.2) is 45.6 Å². The maximum absolute atomic E-state index is 15.0. The number of hydrogen-bond acceptors (Lipinski definition) is 4. The smallest absolute Gasteiger partial charge is 0.339 e. The first-order valence-electron chi connectivity index (χ1n) is 14.2. The van der Waals surface area contributed by atoms with Crippen molar-refractivity contribution in [2.75, 3.05) is 19.6 Å². The summed E-state index contributed by atoms with van der Waals surface area (Å²) in [7, 11) is 0. The van der Waals surface area contributed by atoms with Crippen molar-refractivity contribution in [3.8, 4) is 11.5 Å². The first-order chi connectivity index (χ1) is 20.1. The molecular formula is C34H33ClFN3O3. The maximum Gasteiger partial charge on any atom is 0.339 e. The molecule has 0 bridgehead atoms. The van der Waals surface area contributed by atoms with E-state index in [1.54, 1.807) is 30.6 Å². The molecule has 4 aromatic rings. The quantitative estimate of drug-likeness (QED) is 0.227. The van der Waals surface area contributed by atoms with Gasteiger partial charge in [0, 0.05) is 41.8 Å². The van der Waals surface area contributed by atoms with E-state index in [0.717, 1.165) is 73.1 Å². The second-order valence-electron chi connectivity index (χ2n) is 12.0. The average Bonchev–Trinajstić information content (AvgIpc) is 3.42. The summed E-state index contributed by atoms with van der Waals surface area (Å²) in [4.78, 5) is 21.7. The predicted molar refractivity (Wildman–Crippen MR) is 165 cm³/mol. The molecule has 6 nitrogen and oxygen atoms in total. The highest BCUT2D eigenvalue weighted by atomic mass is 35.5. The lowest BCUT2D eigenvalue weighted by atomic mass is 9.72. The summed E-state index contributed by atoms with van der Waals surface area (Å²) in [5.41, 5.74) is 6.10. The van der Waals surface area contributed by atoms with E-state index < -0.39 is 5.97 Å². The van der Waals surface area contributed by atoms with Crippen molar-refractivity contribution in [1.29, 1.82) is 0 Å². The zero-order chi connectivity index (χ0) is 29.4. The number of pyridine rings is 1. The van der Waals surface area contributed by atoms with E-state index >= 15 is 0 Å². The molecule has 2 N–H and O–H groups in total. The molecule has 0 radical (unpaired) electrons. The number of nitrogens with zero attached hydrogens (tertiary/aromatic N) is 2. The topological polar surface area (TPSA) is 78.5 Å². The van der Waals surface area contributed by atoms with Gasteiger partial charge in [-0.05, 0) is 84.2 Å². The van der Waals surface area contributed by atoms with Crippen LogP contribution in [-0.2, 0) is 0 Å². The molecule has 0 saturated carbocycles. The van der Waals surface area contributed by atoms with E-state index in [4.69, 9.17) is 16.3 Å². The number of hydrogen-bond donors (Lipinski definition) is 2. The van der Waals surface area contributed by atoms with Crippen molar-refractivity contribution < 1.29 is 19.0 Å². The number of aromatic carboxylic acids is 1. The molecule has 42 heavy (non-hydrogen) atoms.